The van der Waals surface area contributed by atoms with E-state index in [1.807, 2.05) is 6.07 Å². The number of pyridine rings is 1. The average molecular weight is 275 g/mol. The van der Waals surface area contributed by atoms with Crippen molar-refractivity contribution in [2.75, 3.05) is 7.11 Å². The van der Waals surface area contributed by atoms with Crippen LogP contribution in [0.25, 0.3) is 0 Å². The monoisotopic (exact) mass is 275 g/mol. The van der Waals surface area contributed by atoms with E-state index < -0.39 is 5.97 Å². The number of hydrogen-bond donors (Lipinski definition) is 1. The number of aromatic nitrogens is 3. The van der Waals surface area contributed by atoms with E-state index in [1.165, 1.54) is 0 Å². The van der Waals surface area contributed by atoms with Crippen molar-refractivity contribution in [2.24, 2.45) is 5.92 Å². The SMILES string of the molecule is COc1ccc(Cc2noc(C3CC3C(=O)O)n2)cn1. The lowest BCUT2D eigenvalue weighted by Crippen LogP contribution is -1.99. The Morgan fingerprint density at radius 1 is 1.55 bits per heavy atom. The molecule has 2 unspecified atom stereocenters. The van der Waals surface area contributed by atoms with Gasteiger partial charge < -0.3 is 14.4 Å². The molecule has 104 valence electrons. The highest BCUT2D eigenvalue weighted by molar-refractivity contribution is 5.74. The highest BCUT2D eigenvalue weighted by Crippen LogP contribution is 2.46. The molecule has 2 atom stereocenters. The van der Waals surface area contributed by atoms with Gasteiger partial charge in [-0.2, -0.15) is 4.98 Å². The van der Waals surface area contributed by atoms with Gasteiger partial charge in [0.15, 0.2) is 5.82 Å². The molecule has 1 aliphatic carbocycles. The summed E-state index contributed by atoms with van der Waals surface area (Å²) in [5.74, 6) is 0.157. The Morgan fingerprint density at radius 3 is 3.00 bits per heavy atom. The second kappa shape index (κ2) is 4.92. The number of carboxylic acid groups (broad SMARTS) is 1. The van der Waals surface area contributed by atoms with Gasteiger partial charge >= 0.3 is 5.97 Å². The summed E-state index contributed by atoms with van der Waals surface area (Å²) >= 11 is 0. The quantitative estimate of drug-likeness (QED) is 0.876. The molecule has 3 rings (SSSR count). The van der Waals surface area contributed by atoms with Crippen LogP contribution in [0.15, 0.2) is 22.9 Å². The number of carboxylic acids is 1. The van der Waals surface area contributed by atoms with Gasteiger partial charge in [0.1, 0.15) is 0 Å². The van der Waals surface area contributed by atoms with Crippen molar-refractivity contribution < 1.29 is 19.2 Å². The molecule has 0 bridgehead atoms. The fraction of sp³-hybridized carbons (Fsp3) is 0.385. The first-order valence-corrected chi connectivity index (χ1v) is 6.21. The Kier molecular flexibility index (Phi) is 3.09. The number of rotatable bonds is 5. The second-order valence-electron chi connectivity index (χ2n) is 4.72. The van der Waals surface area contributed by atoms with Crippen molar-refractivity contribution in [1.82, 2.24) is 15.1 Å². The molecule has 0 radical (unpaired) electrons. The molecule has 1 saturated carbocycles. The summed E-state index contributed by atoms with van der Waals surface area (Å²) in [5.41, 5.74) is 0.934. The molecule has 2 heterocycles. The largest absolute Gasteiger partial charge is 0.481 e. The predicted molar refractivity (Wildman–Crippen MR) is 66.4 cm³/mol. The summed E-state index contributed by atoms with van der Waals surface area (Å²) in [4.78, 5) is 19.1. The Balaban J connectivity index is 1.66. The summed E-state index contributed by atoms with van der Waals surface area (Å²) in [6.45, 7) is 0. The predicted octanol–water partition coefficient (Wildman–Crippen LogP) is 1.25. The minimum Gasteiger partial charge on any atom is -0.481 e. The minimum absolute atomic E-state index is 0.136. The summed E-state index contributed by atoms with van der Waals surface area (Å²) in [7, 11) is 1.56. The summed E-state index contributed by atoms with van der Waals surface area (Å²) in [5, 5.41) is 12.7. The highest BCUT2D eigenvalue weighted by atomic mass is 16.5. The molecule has 0 spiro atoms. The zero-order valence-corrected chi connectivity index (χ0v) is 10.8. The first kappa shape index (κ1) is 12.6. The molecule has 1 fully saturated rings. The van der Waals surface area contributed by atoms with Crippen LogP contribution in [0.4, 0.5) is 0 Å². The minimum atomic E-state index is -0.811. The zero-order chi connectivity index (χ0) is 14.1. The fourth-order valence-corrected chi connectivity index (χ4v) is 2.05. The van der Waals surface area contributed by atoms with E-state index >= 15 is 0 Å². The van der Waals surface area contributed by atoms with Crippen molar-refractivity contribution in [3.8, 4) is 5.88 Å². The number of methoxy groups -OCH3 is 1. The molecule has 7 nitrogen and oxygen atoms in total. The molecule has 0 amide bonds. The lowest BCUT2D eigenvalue weighted by Gasteiger charge is -1.99. The Morgan fingerprint density at radius 2 is 2.40 bits per heavy atom. The average Bonchev–Trinajstić information content (AvgIpc) is 3.14. The smallest absolute Gasteiger partial charge is 0.307 e. The van der Waals surface area contributed by atoms with Crippen molar-refractivity contribution in [3.63, 3.8) is 0 Å². The van der Waals surface area contributed by atoms with Crippen LogP contribution in [-0.4, -0.2) is 33.3 Å². The number of carbonyl (C=O) groups is 1. The van der Waals surface area contributed by atoms with Gasteiger partial charge in [0, 0.05) is 18.7 Å². The van der Waals surface area contributed by atoms with E-state index in [4.69, 9.17) is 14.4 Å². The molecule has 2 aromatic rings. The maximum atomic E-state index is 10.8. The fourth-order valence-electron chi connectivity index (χ4n) is 2.05. The topological polar surface area (TPSA) is 98.3 Å². The van der Waals surface area contributed by atoms with E-state index in [0.717, 1.165) is 5.56 Å². The third kappa shape index (κ3) is 2.47. The first-order valence-electron chi connectivity index (χ1n) is 6.21. The van der Waals surface area contributed by atoms with Crippen LogP contribution >= 0.6 is 0 Å². The van der Waals surface area contributed by atoms with Gasteiger partial charge in [-0.05, 0) is 12.0 Å². The van der Waals surface area contributed by atoms with Gasteiger partial charge in [0.25, 0.3) is 0 Å². The Bertz CT molecular complexity index is 623. The van der Waals surface area contributed by atoms with Gasteiger partial charge in [0.05, 0.1) is 18.9 Å². The molecule has 0 aliphatic heterocycles. The maximum Gasteiger partial charge on any atom is 0.307 e. The van der Waals surface area contributed by atoms with Crippen LogP contribution in [0.5, 0.6) is 5.88 Å². The highest BCUT2D eigenvalue weighted by Gasteiger charge is 2.48. The van der Waals surface area contributed by atoms with E-state index in [1.54, 1.807) is 19.4 Å². The molecule has 2 aromatic heterocycles. The van der Waals surface area contributed by atoms with E-state index in [9.17, 15) is 4.79 Å². The summed E-state index contributed by atoms with van der Waals surface area (Å²) < 4.78 is 10.1. The standard InChI is InChI=1S/C13H13N3O4/c1-19-11-3-2-7(6-14-11)4-10-15-12(20-16-10)8-5-9(8)13(17)18/h2-3,6,8-9H,4-5H2,1H3,(H,17,18). The number of aliphatic carboxylic acids is 1. The van der Waals surface area contributed by atoms with Crippen molar-refractivity contribution in [2.45, 2.75) is 18.8 Å². The van der Waals surface area contributed by atoms with Gasteiger partial charge in [-0.25, -0.2) is 4.98 Å². The molecular weight excluding hydrogens is 262 g/mol. The van der Waals surface area contributed by atoms with Crippen molar-refractivity contribution in [1.29, 1.82) is 0 Å². The van der Waals surface area contributed by atoms with Gasteiger partial charge in [-0.15, -0.1) is 0 Å². The van der Waals surface area contributed by atoms with E-state index in [0.29, 0.717) is 30.4 Å². The molecule has 20 heavy (non-hydrogen) atoms. The Labute approximate surface area is 114 Å². The molecule has 7 heteroatoms. The third-order valence-corrected chi connectivity index (χ3v) is 3.28. The lowest BCUT2D eigenvalue weighted by molar-refractivity contribution is -0.138. The summed E-state index contributed by atoms with van der Waals surface area (Å²) in [6, 6.07) is 3.64. The number of ether oxygens (including phenoxy) is 1. The molecule has 1 N–H and O–H groups in total. The molecule has 0 aromatic carbocycles. The molecule has 1 aliphatic rings. The van der Waals surface area contributed by atoms with Gasteiger partial charge in [-0.1, -0.05) is 11.2 Å². The zero-order valence-electron chi connectivity index (χ0n) is 10.8. The van der Waals surface area contributed by atoms with Crippen molar-refractivity contribution >= 4 is 5.97 Å². The second-order valence-corrected chi connectivity index (χ2v) is 4.72. The number of nitrogens with zero attached hydrogens (tertiary/aromatic N) is 3. The van der Waals surface area contributed by atoms with Crippen LogP contribution in [0.2, 0.25) is 0 Å². The normalized spacial score (nSPS) is 20.6. The van der Waals surface area contributed by atoms with Gasteiger partial charge in [0.2, 0.25) is 11.8 Å². The molecule has 0 saturated heterocycles. The van der Waals surface area contributed by atoms with Crippen LogP contribution in [0.1, 0.15) is 29.6 Å². The lowest BCUT2D eigenvalue weighted by atomic mass is 10.2. The van der Waals surface area contributed by atoms with Gasteiger partial charge in [-0.3, -0.25) is 4.79 Å². The molecular formula is C13H13N3O4. The van der Waals surface area contributed by atoms with Crippen LogP contribution in [0.3, 0.4) is 0 Å². The summed E-state index contributed by atoms with van der Waals surface area (Å²) in [6.07, 6.45) is 2.75. The first-order chi connectivity index (χ1) is 9.67. The van der Waals surface area contributed by atoms with E-state index in [-0.39, 0.29) is 11.8 Å². The van der Waals surface area contributed by atoms with E-state index in [2.05, 4.69) is 15.1 Å². The van der Waals surface area contributed by atoms with Crippen LogP contribution < -0.4 is 4.74 Å². The number of hydrogen-bond acceptors (Lipinski definition) is 6. The third-order valence-electron chi connectivity index (χ3n) is 3.28. The van der Waals surface area contributed by atoms with Crippen LogP contribution in [-0.2, 0) is 11.2 Å². The van der Waals surface area contributed by atoms with Crippen LogP contribution in [0, 0.1) is 5.92 Å². The maximum absolute atomic E-state index is 10.8. The Hall–Kier alpha value is -2.44. The van der Waals surface area contributed by atoms with Crippen molar-refractivity contribution in [3.05, 3.63) is 35.6 Å².